The van der Waals surface area contributed by atoms with Crippen molar-refractivity contribution in [1.82, 2.24) is 0 Å². The molecule has 2 aromatic rings. The Hall–Kier alpha value is -2.40. The highest BCUT2D eigenvalue weighted by atomic mass is 79.9. The second-order valence-electron chi connectivity index (χ2n) is 13.6. The molecule has 236 valence electrons. The van der Waals surface area contributed by atoms with E-state index in [0.29, 0.717) is 21.8 Å². The van der Waals surface area contributed by atoms with E-state index in [-0.39, 0.29) is 23.0 Å². The molecule has 2 amide bonds. The molecule has 2 aromatic carbocycles. The predicted octanol–water partition coefficient (Wildman–Crippen LogP) is 7.14. The third kappa shape index (κ3) is 5.95. The second-order valence-corrected chi connectivity index (χ2v) is 15.2. The van der Waals surface area contributed by atoms with Crippen molar-refractivity contribution in [3.8, 4) is 0 Å². The first-order valence-corrected chi connectivity index (χ1v) is 16.5. The molecule has 4 aliphatic rings. The molecule has 0 aromatic heterocycles. The molecule has 0 heterocycles. The fourth-order valence-corrected chi connectivity index (χ4v) is 8.58. The summed E-state index contributed by atoms with van der Waals surface area (Å²) in [7, 11) is 0. The molecule has 0 bridgehead atoms. The molecule has 0 fully saturated rings. The smallest absolute Gasteiger partial charge is 0.249 e. The zero-order chi connectivity index (χ0) is 32.5. The van der Waals surface area contributed by atoms with Crippen LogP contribution in [0.5, 0.6) is 0 Å². The Balaban J connectivity index is 0.000000175. The summed E-state index contributed by atoms with van der Waals surface area (Å²) in [6, 6.07) is 2.44. The first-order chi connectivity index (χ1) is 20.4. The molecule has 44 heavy (non-hydrogen) atoms. The molecule has 0 spiro atoms. The molecule has 4 aliphatic carbocycles. The van der Waals surface area contributed by atoms with Crippen LogP contribution in [0.15, 0.2) is 32.2 Å². The van der Waals surface area contributed by atoms with Gasteiger partial charge < -0.3 is 21.7 Å². The minimum atomic E-state index is -0.734. The summed E-state index contributed by atoms with van der Waals surface area (Å²) in [4.78, 5) is 23.3. The van der Waals surface area contributed by atoms with Gasteiger partial charge >= 0.3 is 0 Å². The van der Waals surface area contributed by atoms with Gasteiger partial charge in [-0.1, -0.05) is 11.1 Å². The lowest BCUT2D eigenvalue weighted by Gasteiger charge is -2.33. The van der Waals surface area contributed by atoms with E-state index >= 15 is 0 Å². The predicted molar refractivity (Wildman–Crippen MR) is 174 cm³/mol. The fraction of sp³-hybridized carbons (Fsp3) is 0.471. The highest BCUT2D eigenvalue weighted by Gasteiger charge is 2.39. The van der Waals surface area contributed by atoms with Gasteiger partial charge in [-0.3, -0.25) is 9.59 Å². The minimum absolute atomic E-state index is 0.182. The van der Waals surface area contributed by atoms with Crippen molar-refractivity contribution in [1.29, 1.82) is 0 Å². The number of primary amides is 2. The molecule has 0 saturated carbocycles. The van der Waals surface area contributed by atoms with Crippen molar-refractivity contribution < 1.29 is 28.6 Å². The molecule has 2 atom stereocenters. The maximum Gasteiger partial charge on any atom is 0.249 e. The number of aliphatic hydroxyl groups is 2. The van der Waals surface area contributed by atoms with Crippen LogP contribution in [0.1, 0.15) is 109 Å². The van der Waals surface area contributed by atoms with Crippen LogP contribution in [0.25, 0.3) is 11.1 Å². The number of halogens is 4. The molecule has 10 heteroatoms. The zero-order valence-electron chi connectivity index (χ0n) is 25.3. The number of fused-ring (bicyclic) bond motifs is 4. The van der Waals surface area contributed by atoms with Crippen molar-refractivity contribution >= 4 is 54.8 Å². The number of hydrogen-bond acceptors (Lipinski definition) is 4. The lowest BCUT2D eigenvalue weighted by Crippen LogP contribution is -2.32. The number of nitrogens with two attached hydrogens (primary N) is 2. The summed E-state index contributed by atoms with van der Waals surface area (Å²) in [5.74, 6) is -1.73. The van der Waals surface area contributed by atoms with Crippen LogP contribution in [-0.2, 0) is 12.8 Å². The van der Waals surface area contributed by atoms with Gasteiger partial charge in [0.1, 0.15) is 11.6 Å². The van der Waals surface area contributed by atoms with Gasteiger partial charge in [0, 0.05) is 11.1 Å². The van der Waals surface area contributed by atoms with E-state index in [1.165, 1.54) is 23.3 Å². The van der Waals surface area contributed by atoms with Crippen LogP contribution < -0.4 is 11.5 Å². The molecule has 0 aliphatic heterocycles. The van der Waals surface area contributed by atoms with E-state index in [1.807, 2.05) is 27.7 Å². The minimum Gasteiger partial charge on any atom is -0.390 e. The van der Waals surface area contributed by atoms with Gasteiger partial charge in [0.2, 0.25) is 11.8 Å². The average Bonchev–Trinajstić information content (AvgIpc) is 3.50. The molecule has 0 unspecified atom stereocenters. The molecule has 0 radical (unpaired) electrons. The Morgan fingerprint density at radius 2 is 1.09 bits per heavy atom. The molecule has 6 nitrogen and oxygen atoms in total. The van der Waals surface area contributed by atoms with Crippen molar-refractivity contribution in [2.45, 2.75) is 90.3 Å². The van der Waals surface area contributed by atoms with Gasteiger partial charge in [-0.05, 0) is 168 Å². The molecular formula is C34H38Br2F2N2O4. The number of benzene rings is 2. The first kappa shape index (κ1) is 33.0. The van der Waals surface area contributed by atoms with Crippen LogP contribution in [0, 0.1) is 23.5 Å². The lowest BCUT2D eigenvalue weighted by atomic mass is 9.76. The summed E-state index contributed by atoms with van der Waals surface area (Å²) in [5, 5.41) is 20.5. The Kier molecular flexibility index (Phi) is 8.81. The number of allylic oxidation sites excluding steroid dienone is 4. The third-order valence-electron chi connectivity index (χ3n) is 9.89. The van der Waals surface area contributed by atoms with Gasteiger partial charge in [-0.15, -0.1) is 0 Å². The van der Waals surface area contributed by atoms with Crippen LogP contribution in [0.4, 0.5) is 8.78 Å². The van der Waals surface area contributed by atoms with Gasteiger partial charge in [-0.25, -0.2) is 8.78 Å². The number of amides is 2. The fourth-order valence-electron chi connectivity index (χ4n) is 7.39. The highest BCUT2D eigenvalue weighted by Crippen LogP contribution is 2.51. The van der Waals surface area contributed by atoms with Crippen LogP contribution in [0.2, 0.25) is 0 Å². The van der Waals surface area contributed by atoms with Crippen molar-refractivity contribution in [3.63, 3.8) is 0 Å². The van der Waals surface area contributed by atoms with Crippen LogP contribution in [-0.4, -0.2) is 33.2 Å². The summed E-state index contributed by atoms with van der Waals surface area (Å²) >= 11 is 6.64. The van der Waals surface area contributed by atoms with Crippen molar-refractivity contribution in [2.24, 2.45) is 23.3 Å². The van der Waals surface area contributed by atoms with Crippen LogP contribution >= 0.6 is 31.9 Å². The van der Waals surface area contributed by atoms with E-state index in [1.54, 1.807) is 0 Å². The van der Waals surface area contributed by atoms with Gasteiger partial charge in [0.15, 0.2) is 0 Å². The Morgan fingerprint density at radius 3 is 1.39 bits per heavy atom. The Labute approximate surface area is 273 Å². The molecular weight excluding hydrogens is 698 g/mol. The monoisotopic (exact) mass is 734 g/mol. The zero-order valence-corrected chi connectivity index (χ0v) is 28.5. The quantitative estimate of drug-likeness (QED) is 0.267. The van der Waals surface area contributed by atoms with Gasteiger partial charge in [0.25, 0.3) is 0 Å². The Bertz CT molecular complexity index is 1530. The van der Waals surface area contributed by atoms with Crippen molar-refractivity contribution in [3.05, 3.63) is 77.2 Å². The normalized spacial score (nSPS) is 20.9. The summed E-state index contributed by atoms with van der Waals surface area (Å²) < 4.78 is 29.0. The number of rotatable bonds is 4. The van der Waals surface area contributed by atoms with E-state index in [0.717, 1.165) is 71.9 Å². The van der Waals surface area contributed by atoms with E-state index in [2.05, 4.69) is 31.9 Å². The topological polar surface area (TPSA) is 127 Å². The van der Waals surface area contributed by atoms with E-state index in [4.69, 9.17) is 11.5 Å². The standard InChI is InChI=1S/2C17H19BrFNO2/c2*1-17(2,22)9-3-4-10-8(5-9)6-11-12(16(20)21)7-13(19)15(18)14(10)11/h2*7,9,22H,3-6H2,1-2H3,(H2,20,21)/t2*9-/m10/s1. The van der Waals surface area contributed by atoms with Crippen LogP contribution in [0.3, 0.4) is 0 Å². The average molecular weight is 736 g/mol. The molecule has 0 saturated heterocycles. The van der Waals surface area contributed by atoms with Gasteiger partial charge in [-0.2, -0.15) is 0 Å². The van der Waals surface area contributed by atoms with E-state index < -0.39 is 34.7 Å². The van der Waals surface area contributed by atoms with Gasteiger partial charge in [0.05, 0.1) is 20.1 Å². The summed E-state index contributed by atoms with van der Waals surface area (Å²) in [5.41, 5.74) is 17.8. The van der Waals surface area contributed by atoms with E-state index in [9.17, 15) is 28.6 Å². The van der Waals surface area contributed by atoms with Crippen molar-refractivity contribution in [2.75, 3.05) is 0 Å². The number of hydrogen-bond donors (Lipinski definition) is 4. The molecule has 6 rings (SSSR count). The molecule has 6 N–H and O–H groups in total. The third-order valence-corrected chi connectivity index (χ3v) is 11.4. The lowest BCUT2D eigenvalue weighted by molar-refractivity contribution is 0.0118. The summed E-state index contributed by atoms with van der Waals surface area (Å²) in [6.45, 7) is 7.32. The maximum absolute atomic E-state index is 14.1. The highest BCUT2D eigenvalue weighted by molar-refractivity contribution is 9.10. The maximum atomic E-state index is 14.1. The first-order valence-electron chi connectivity index (χ1n) is 14.9. The summed E-state index contributed by atoms with van der Waals surface area (Å²) in [6.07, 6.45) is 6.09. The SMILES string of the molecule is CC(C)(O)[C@@H]1CCC2=C(Cc3c(C(N)=O)cc(F)c(Br)c32)C1.CC(C)(O)[C@H]1CCC2=C(Cc3c(C(N)=O)cc(F)c(Br)c32)C1. The number of carbonyl (C=O) groups is 2. The second kappa shape index (κ2) is 11.8. The number of carbonyl (C=O) groups excluding carboxylic acids is 2. The Morgan fingerprint density at radius 1 is 0.750 bits per heavy atom. The largest absolute Gasteiger partial charge is 0.390 e.